The first-order chi connectivity index (χ1) is 13.1. The number of nitrogens with zero attached hydrogens (tertiary/aromatic N) is 1. The second-order valence-electron chi connectivity index (χ2n) is 7.48. The molecule has 2 saturated heterocycles. The fourth-order valence-electron chi connectivity index (χ4n) is 4.71. The van der Waals surface area contributed by atoms with Crippen molar-refractivity contribution in [2.24, 2.45) is 5.73 Å². The Labute approximate surface area is 157 Å². The number of nitrogens with two attached hydrogens (primary N) is 1. The van der Waals surface area contributed by atoms with Crippen LogP contribution in [0.2, 0.25) is 0 Å². The summed E-state index contributed by atoms with van der Waals surface area (Å²) in [5.74, 6) is 0.0122. The van der Waals surface area contributed by atoms with E-state index in [9.17, 15) is 9.90 Å². The summed E-state index contributed by atoms with van der Waals surface area (Å²) in [6, 6.07) is 15.7. The van der Waals surface area contributed by atoms with E-state index in [-0.39, 0.29) is 31.3 Å². The van der Waals surface area contributed by atoms with Crippen LogP contribution in [0.3, 0.4) is 0 Å². The molecule has 6 heteroatoms. The Balaban J connectivity index is 1.35. The molecular formula is C21H22N2O4. The van der Waals surface area contributed by atoms with Gasteiger partial charge in [0, 0.05) is 12.5 Å². The molecule has 2 aliphatic heterocycles. The molecule has 3 N–H and O–H groups in total. The van der Waals surface area contributed by atoms with Crippen molar-refractivity contribution in [3.8, 4) is 11.1 Å². The van der Waals surface area contributed by atoms with Gasteiger partial charge in [-0.25, -0.2) is 4.79 Å². The van der Waals surface area contributed by atoms with Crippen LogP contribution in [0.4, 0.5) is 4.79 Å². The third-order valence-electron chi connectivity index (χ3n) is 5.95. The minimum absolute atomic E-state index is 0.0122. The normalized spacial score (nSPS) is 28.7. The number of fused-ring (bicyclic) bond motifs is 4. The van der Waals surface area contributed by atoms with E-state index in [1.807, 2.05) is 24.3 Å². The number of ether oxygens (including phenoxy) is 2. The molecule has 27 heavy (non-hydrogen) atoms. The first-order valence-electron chi connectivity index (χ1n) is 9.32. The van der Waals surface area contributed by atoms with Gasteiger partial charge in [0.25, 0.3) is 0 Å². The van der Waals surface area contributed by atoms with Crippen LogP contribution in [0, 0.1) is 0 Å². The number of aliphatic hydroxyl groups is 1. The Bertz CT molecular complexity index is 840. The van der Waals surface area contributed by atoms with Crippen molar-refractivity contribution in [3.63, 3.8) is 0 Å². The maximum absolute atomic E-state index is 12.7. The molecule has 2 aromatic carbocycles. The molecule has 2 aromatic rings. The highest BCUT2D eigenvalue weighted by Gasteiger charge is 2.51. The van der Waals surface area contributed by atoms with Gasteiger partial charge < -0.3 is 20.3 Å². The third-order valence-corrected chi connectivity index (χ3v) is 5.95. The van der Waals surface area contributed by atoms with Crippen LogP contribution in [-0.4, -0.2) is 60.1 Å². The van der Waals surface area contributed by atoms with Gasteiger partial charge in [-0.2, -0.15) is 0 Å². The minimum atomic E-state index is -0.718. The van der Waals surface area contributed by atoms with Crippen LogP contribution in [0.5, 0.6) is 0 Å². The first-order valence-corrected chi connectivity index (χ1v) is 9.32. The highest BCUT2D eigenvalue weighted by Crippen LogP contribution is 2.44. The van der Waals surface area contributed by atoms with Gasteiger partial charge in [0.1, 0.15) is 12.7 Å². The van der Waals surface area contributed by atoms with Crippen molar-refractivity contribution in [2.75, 3.05) is 19.8 Å². The average molecular weight is 366 g/mol. The zero-order chi connectivity index (χ0) is 18.5. The molecule has 2 heterocycles. The number of benzene rings is 2. The van der Waals surface area contributed by atoms with Crippen LogP contribution in [-0.2, 0) is 9.47 Å². The fraction of sp³-hybridized carbons (Fsp3) is 0.381. The molecule has 0 bridgehead atoms. The molecule has 1 amide bonds. The van der Waals surface area contributed by atoms with Crippen molar-refractivity contribution in [1.82, 2.24) is 4.90 Å². The first kappa shape index (κ1) is 16.7. The van der Waals surface area contributed by atoms with Gasteiger partial charge >= 0.3 is 6.09 Å². The smallest absolute Gasteiger partial charge is 0.410 e. The topological polar surface area (TPSA) is 85.0 Å². The molecule has 6 nitrogen and oxygen atoms in total. The number of carbonyl (C=O) groups excluding carboxylic acids is 1. The lowest BCUT2D eigenvalue weighted by atomic mass is 9.98. The quantitative estimate of drug-likeness (QED) is 0.845. The minimum Gasteiger partial charge on any atom is -0.448 e. The summed E-state index contributed by atoms with van der Waals surface area (Å²) < 4.78 is 11.2. The number of aliphatic hydroxyl groups excluding tert-OH is 1. The summed E-state index contributed by atoms with van der Waals surface area (Å²) in [7, 11) is 0. The number of hydrogen-bond donors (Lipinski definition) is 2. The van der Waals surface area contributed by atoms with E-state index in [2.05, 4.69) is 24.3 Å². The SMILES string of the molecule is N[C@H]1CN(C(=O)OCC2c3ccccc3-c3ccccc32)[C@H]2[C@@H]1OC[C@@H]2O. The number of amides is 1. The van der Waals surface area contributed by atoms with E-state index in [0.29, 0.717) is 6.54 Å². The molecule has 3 aliphatic rings. The van der Waals surface area contributed by atoms with Gasteiger partial charge in [-0.3, -0.25) is 4.90 Å². The number of carbonyl (C=O) groups is 1. The van der Waals surface area contributed by atoms with Crippen molar-refractivity contribution >= 4 is 6.09 Å². The molecule has 4 atom stereocenters. The van der Waals surface area contributed by atoms with Gasteiger partial charge in [0.15, 0.2) is 0 Å². The summed E-state index contributed by atoms with van der Waals surface area (Å²) in [5, 5.41) is 10.1. The van der Waals surface area contributed by atoms with E-state index >= 15 is 0 Å². The fourth-order valence-corrected chi connectivity index (χ4v) is 4.71. The van der Waals surface area contributed by atoms with Crippen molar-refractivity contribution < 1.29 is 19.4 Å². The van der Waals surface area contributed by atoms with Crippen LogP contribution in [0.15, 0.2) is 48.5 Å². The van der Waals surface area contributed by atoms with Crippen molar-refractivity contribution in [1.29, 1.82) is 0 Å². The van der Waals surface area contributed by atoms with Crippen molar-refractivity contribution in [2.45, 2.75) is 30.2 Å². The molecule has 0 spiro atoms. The molecule has 0 radical (unpaired) electrons. The number of hydrogen-bond acceptors (Lipinski definition) is 5. The van der Waals surface area contributed by atoms with Crippen LogP contribution < -0.4 is 5.73 Å². The van der Waals surface area contributed by atoms with Crippen LogP contribution in [0.25, 0.3) is 11.1 Å². The summed E-state index contributed by atoms with van der Waals surface area (Å²) in [6.07, 6.45) is -1.48. The van der Waals surface area contributed by atoms with Gasteiger partial charge in [-0.1, -0.05) is 48.5 Å². The number of likely N-dealkylation sites (tertiary alicyclic amines) is 1. The zero-order valence-electron chi connectivity index (χ0n) is 14.8. The third kappa shape index (κ3) is 2.56. The Morgan fingerprint density at radius 3 is 2.44 bits per heavy atom. The molecule has 0 saturated carbocycles. The second-order valence-corrected chi connectivity index (χ2v) is 7.48. The van der Waals surface area contributed by atoms with Gasteiger partial charge in [0.05, 0.1) is 24.8 Å². The Hall–Kier alpha value is -2.41. The highest BCUT2D eigenvalue weighted by atomic mass is 16.6. The Kier molecular flexibility index (Phi) is 3.93. The second kappa shape index (κ2) is 6.34. The van der Waals surface area contributed by atoms with E-state index < -0.39 is 18.2 Å². The predicted octanol–water partition coefficient (Wildman–Crippen LogP) is 1.71. The van der Waals surface area contributed by atoms with Gasteiger partial charge in [-0.15, -0.1) is 0 Å². The lowest BCUT2D eigenvalue weighted by Gasteiger charge is -2.25. The zero-order valence-corrected chi connectivity index (χ0v) is 14.8. The summed E-state index contributed by atoms with van der Waals surface area (Å²) in [4.78, 5) is 14.3. The Morgan fingerprint density at radius 2 is 1.78 bits per heavy atom. The summed E-state index contributed by atoms with van der Waals surface area (Å²) >= 11 is 0. The van der Waals surface area contributed by atoms with E-state index in [0.717, 1.165) is 0 Å². The molecule has 0 aromatic heterocycles. The lowest BCUT2D eigenvalue weighted by Crippen LogP contribution is -2.44. The predicted molar refractivity (Wildman–Crippen MR) is 99.3 cm³/mol. The number of rotatable bonds is 2. The van der Waals surface area contributed by atoms with E-state index in [1.54, 1.807) is 0 Å². The van der Waals surface area contributed by atoms with Gasteiger partial charge in [-0.05, 0) is 22.3 Å². The highest BCUT2D eigenvalue weighted by molar-refractivity contribution is 5.79. The average Bonchev–Trinajstić information content (AvgIpc) is 3.33. The van der Waals surface area contributed by atoms with E-state index in [4.69, 9.17) is 15.2 Å². The molecular weight excluding hydrogens is 344 g/mol. The molecule has 140 valence electrons. The van der Waals surface area contributed by atoms with Crippen LogP contribution >= 0.6 is 0 Å². The largest absolute Gasteiger partial charge is 0.448 e. The van der Waals surface area contributed by atoms with Crippen LogP contribution in [0.1, 0.15) is 17.0 Å². The van der Waals surface area contributed by atoms with E-state index in [1.165, 1.54) is 27.2 Å². The monoisotopic (exact) mass is 366 g/mol. The Morgan fingerprint density at radius 1 is 1.15 bits per heavy atom. The standard InChI is InChI=1S/C21H22N2O4/c22-17-9-23(19-18(24)11-26-20(17)19)21(25)27-10-16-14-7-3-1-5-12(14)13-6-2-4-8-15(13)16/h1-8,16-20,24H,9-11,22H2/t17-,18-,19+,20+/m0/s1. The molecule has 2 fully saturated rings. The van der Waals surface area contributed by atoms with Gasteiger partial charge in [0.2, 0.25) is 0 Å². The summed E-state index contributed by atoms with van der Waals surface area (Å²) in [6.45, 7) is 0.798. The van der Waals surface area contributed by atoms with Crippen molar-refractivity contribution in [3.05, 3.63) is 59.7 Å². The summed E-state index contributed by atoms with van der Waals surface area (Å²) in [5.41, 5.74) is 10.8. The maximum atomic E-state index is 12.7. The molecule has 1 aliphatic carbocycles. The maximum Gasteiger partial charge on any atom is 0.410 e. The molecule has 0 unspecified atom stereocenters. The molecule has 5 rings (SSSR count). The lowest BCUT2D eigenvalue weighted by molar-refractivity contribution is 0.0614.